The Morgan fingerprint density at radius 1 is 1.45 bits per heavy atom. The second-order valence-electron chi connectivity index (χ2n) is 7.81. The van der Waals surface area contributed by atoms with E-state index in [1.165, 1.54) is 12.0 Å². The molecule has 0 aromatic rings. The van der Waals surface area contributed by atoms with E-state index in [1.54, 1.807) is 0 Å². The molecule has 2 aliphatic carbocycles. The smallest absolute Gasteiger partial charge is 0.136 e. The van der Waals surface area contributed by atoms with Crippen LogP contribution in [-0.2, 0) is 4.79 Å². The molecule has 0 bridgehead atoms. The summed E-state index contributed by atoms with van der Waals surface area (Å²) in [5.74, 6) is 1.38. The first-order chi connectivity index (χ1) is 9.24. The zero-order chi connectivity index (χ0) is 15.0. The molecule has 1 N–H and O–H groups in total. The van der Waals surface area contributed by atoms with E-state index in [0.717, 1.165) is 38.5 Å². The van der Waals surface area contributed by atoms with E-state index in [0.29, 0.717) is 17.6 Å². The van der Waals surface area contributed by atoms with Gasteiger partial charge >= 0.3 is 0 Å². The number of hydrogen-bond acceptors (Lipinski definition) is 2. The van der Waals surface area contributed by atoms with Crippen molar-refractivity contribution in [3.05, 3.63) is 11.6 Å². The Kier molecular flexibility index (Phi) is 4.44. The number of allylic oxidation sites excluding steroid dienone is 2. The standard InChI is InChI=1S/C18H30O2/c1-13(7-5-11-17(2,3)20)14-9-10-15-16(19)8-6-12-18(14,15)4/h7,14-15,20H,5-6,8-12H2,1-4H3. The average Bonchev–Trinajstić information content (AvgIpc) is 2.66. The lowest BCUT2D eigenvalue weighted by Crippen LogP contribution is -2.37. The van der Waals surface area contributed by atoms with Gasteiger partial charge in [-0.1, -0.05) is 18.6 Å². The molecule has 2 saturated carbocycles. The molecule has 0 aromatic carbocycles. The van der Waals surface area contributed by atoms with Crippen LogP contribution in [0.3, 0.4) is 0 Å². The highest BCUT2D eigenvalue weighted by Crippen LogP contribution is 2.56. The van der Waals surface area contributed by atoms with Crippen molar-refractivity contribution < 1.29 is 9.90 Å². The van der Waals surface area contributed by atoms with Gasteiger partial charge in [-0.25, -0.2) is 0 Å². The zero-order valence-electron chi connectivity index (χ0n) is 13.5. The van der Waals surface area contributed by atoms with Crippen molar-refractivity contribution in [2.45, 2.75) is 78.2 Å². The lowest BCUT2D eigenvalue weighted by Gasteiger charge is -2.40. The number of Topliss-reactive ketones (excluding diaryl/α,β-unsaturated/α-hetero) is 1. The number of rotatable bonds is 4. The Balaban J connectivity index is 2.05. The van der Waals surface area contributed by atoms with Crippen LogP contribution in [0.4, 0.5) is 0 Å². The Morgan fingerprint density at radius 2 is 2.15 bits per heavy atom. The van der Waals surface area contributed by atoms with Crippen LogP contribution >= 0.6 is 0 Å². The van der Waals surface area contributed by atoms with Crippen molar-refractivity contribution >= 4 is 5.78 Å². The first-order valence-electron chi connectivity index (χ1n) is 8.16. The summed E-state index contributed by atoms with van der Waals surface area (Å²) in [7, 11) is 0. The fraction of sp³-hybridized carbons (Fsp3) is 0.833. The number of ketones is 1. The molecule has 0 aromatic heterocycles. The Hall–Kier alpha value is -0.630. The third kappa shape index (κ3) is 3.16. The summed E-state index contributed by atoms with van der Waals surface area (Å²) in [6.07, 6.45) is 9.35. The number of carbonyl (C=O) groups is 1. The molecule has 0 heterocycles. The Morgan fingerprint density at radius 3 is 2.80 bits per heavy atom. The van der Waals surface area contributed by atoms with Crippen molar-refractivity contribution in [1.82, 2.24) is 0 Å². The van der Waals surface area contributed by atoms with Gasteiger partial charge < -0.3 is 5.11 Å². The minimum atomic E-state index is -0.584. The van der Waals surface area contributed by atoms with Crippen molar-refractivity contribution in [3.8, 4) is 0 Å². The van der Waals surface area contributed by atoms with E-state index < -0.39 is 5.60 Å². The fourth-order valence-corrected chi connectivity index (χ4v) is 4.47. The van der Waals surface area contributed by atoms with E-state index in [1.807, 2.05) is 13.8 Å². The minimum absolute atomic E-state index is 0.199. The highest BCUT2D eigenvalue weighted by atomic mass is 16.3. The quantitative estimate of drug-likeness (QED) is 0.780. The van der Waals surface area contributed by atoms with Gasteiger partial charge in [0.15, 0.2) is 0 Å². The molecule has 0 radical (unpaired) electrons. The Labute approximate surface area is 123 Å². The van der Waals surface area contributed by atoms with Gasteiger partial charge in [0.05, 0.1) is 5.60 Å². The highest BCUT2D eigenvalue weighted by molar-refractivity contribution is 5.83. The molecule has 0 spiro atoms. The SMILES string of the molecule is CC(=CCCC(C)(C)O)C1CCC2C(=O)CCCC21C. The predicted molar refractivity (Wildman–Crippen MR) is 82.5 cm³/mol. The molecule has 2 fully saturated rings. The minimum Gasteiger partial charge on any atom is -0.390 e. The molecule has 0 saturated heterocycles. The normalized spacial score (nSPS) is 35.2. The van der Waals surface area contributed by atoms with Crippen LogP contribution in [0, 0.1) is 17.3 Å². The largest absolute Gasteiger partial charge is 0.390 e. The molecular formula is C18H30O2. The average molecular weight is 278 g/mol. The van der Waals surface area contributed by atoms with Crippen LogP contribution in [0.5, 0.6) is 0 Å². The second kappa shape index (κ2) is 5.63. The predicted octanol–water partition coefficient (Wildman–Crippen LogP) is 4.27. The number of carbonyl (C=O) groups excluding carboxylic acids is 1. The van der Waals surface area contributed by atoms with E-state index in [-0.39, 0.29) is 5.41 Å². The Bertz CT molecular complexity index is 402. The molecule has 3 atom stereocenters. The summed E-state index contributed by atoms with van der Waals surface area (Å²) in [5, 5.41) is 9.79. The number of fused-ring (bicyclic) bond motifs is 1. The third-order valence-electron chi connectivity index (χ3n) is 5.64. The van der Waals surface area contributed by atoms with Gasteiger partial charge in [-0.05, 0) is 70.6 Å². The summed E-state index contributed by atoms with van der Waals surface area (Å²) < 4.78 is 0. The maximum atomic E-state index is 12.1. The molecule has 2 aliphatic rings. The van der Waals surface area contributed by atoms with Crippen molar-refractivity contribution in [1.29, 1.82) is 0 Å². The first kappa shape index (κ1) is 15.8. The summed E-state index contributed by atoms with van der Waals surface area (Å²) >= 11 is 0. The maximum absolute atomic E-state index is 12.1. The van der Waals surface area contributed by atoms with Crippen LogP contribution in [0.1, 0.15) is 72.6 Å². The highest BCUT2D eigenvalue weighted by Gasteiger charge is 2.51. The molecular weight excluding hydrogens is 248 g/mol. The molecule has 20 heavy (non-hydrogen) atoms. The van der Waals surface area contributed by atoms with E-state index in [2.05, 4.69) is 19.9 Å². The van der Waals surface area contributed by atoms with E-state index >= 15 is 0 Å². The van der Waals surface area contributed by atoms with Crippen LogP contribution in [0.25, 0.3) is 0 Å². The summed E-state index contributed by atoms with van der Waals surface area (Å²) in [5.41, 5.74) is 1.05. The lowest BCUT2D eigenvalue weighted by atomic mass is 9.63. The molecule has 0 aliphatic heterocycles. The molecule has 2 rings (SSSR count). The molecule has 114 valence electrons. The van der Waals surface area contributed by atoms with Gasteiger partial charge in [0.1, 0.15) is 5.78 Å². The van der Waals surface area contributed by atoms with Gasteiger partial charge in [-0.3, -0.25) is 4.79 Å². The van der Waals surface area contributed by atoms with Gasteiger partial charge in [0.25, 0.3) is 0 Å². The number of aliphatic hydroxyl groups is 1. The topological polar surface area (TPSA) is 37.3 Å². The summed E-state index contributed by atoms with van der Waals surface area (Å²) in [6.45, 7) is 8.28. The number of hydrogen-bond donors (Lipinski definition) is 1. The van der Waals surface area contributed by atoms with Gasteiger partial charge in [-0.2, -0.15) is 0 Å². The first-order valence-corrected chi connectivity index (χ1v) is 8.16. The van der Waals surface area contributed by atoms with Gasteiger partial charge in [-0.15, -0.1) is 0 Å². The van der Waals surface area contributed by atoms with Crippen LogP contribution in [-0.4, -0.2) is 16.5 Å². The van der Waals surface area contributed by atoms with Gasteiger partial charge in [0, 0.05) is 12.3 Å². The molecule has 2 nitrogen and oxygen atoms in total. The maximum Gasteiger partial charge on any atom is 0.136 e. The van der Waals surface area contributed by atoms with Crippen LogP contribution in [0.2, 0.25) is 0 Å². The van der Waals surface area contributed by atoms with E-state index in [4.69, 9.17) is 0 Å². The zero-order valence-corrected chi connectivity index (χ0v) is 13.5. The van der Waals surface area contributed by atoms with Gasteiger partial charge in [0.2, 0.25) is 0 Å². The second-order valence-corrected chi connectivity index (χ2v) is 7.81. The molecule has 0 amide bonds. The summed E-state index contributed by atoms with van der Waals surface area (Å²) in [4.78, 5) is 12.1. The van der Waals surface area contributed by atoms with Crippen molar-refractivity contribution in [2.75, 3.05) is 0 Å². The monoisotopic (exact) mass is 278 g/mol. The van der Waals surface area contributed by atoms with Crippen LogP contribution < -0.4 is 0 Å². The fourth-order valence-electron chi connectivity index (χ4n) is 4.47. The molecule has 3 unspecified atom stereocenters. The van der Waals surface area contributed by atoms with E-state index in [9.17, 15) is 9.90 Å². The summed E-state index contributed by atoms with van der Waals surface area (Å²) in [6, 6.07) is 0. The molecule has 2 heteroatoms. The van der Waals surface area contributed by atoms with Crippen molar-refractivity contribution in [3.63, 3.8) is 0 Å². The third-order valence-corrected chi connectivity index (χ3v) is 5.64. The lowest BCUT2D eigenvalue weighted by molar-refractivity contribution is -0.129. The van der Waals surface area contributed by atoms with Crippen molar-refractivity contribution in [2.24, 2.45) is 17.3 Å². The van der Waals surface area contributed by atoms with Crippen LogP contribution in [0.15, 0.2) is 11.6 Å².